The fourth-order valence-corrected chi connectivity index (χ4v) is 2.23. The number of nitrogens with zero attached hydrogens (tertiary/aromatic N) is 2. The smallest absolute Gasteiger partial charge is 0.147 e. The van der Waals surface area contributed by atoms with Crippen LogP contribution in [-0.4, -0.2) is 23.9 Å². The molecule has 0 saturated carbocycles. The Bertz CT molecular complexity index is 640. The van der Waals surface area contributed by atoms with Crippen LogP contribution in [0.2, 0.25) is 0 Å². The molecule has 1 aliphatic heterocycles. The summed E-state index contributed by atoms with van der Waals surface area (Å²) in [4.78, 5) is 8.41. The third kappa shape index (κ3) is 3.37. The maximum absolute atomic E-state index is 14.1. The first-order valence-corrected chi connectivity index (χ1v) is 7.04. The van der Waals surface area contributed by atoms with Crippen molar-refractivity contribution in [2.24, 2.45) is 4.99 Å². The van der Waals surface area contributed by atoms with Gasteiger partial charge < -0.3 is 10.6 Å². The van der Waals surface area contributed by atoms with Gasteiger partial charge in [-0.05, 0) is 36.2 Å². The highest BCUT2D eigenvalue weighted by Crippen LogP contribution is 2.17. The number of anilines is 1. The standard InChI is InChI=1S/C16H17FN4/c17-14-9-13(16-19-7-2-8-20-16)4-5-15(14)21-11-12-3-1-6-18-10-12/h1,3-6,9-10,21H,2,7-8,11H2,(H,19,20). The summed E-state index contributed by atoms with van der Waals surface area (Å²) in [5.74, 6) is 0.505. The lowest BCUT2D eigenvalue weighted by Crippen LogP contribution is -2.30. The van der Waals surface area contributed by atoms with Crippen molar-refractivity contribution in [2.45, 2.75) is 13.0 Å². The molecule has 1 aromatic heterocycles. The monoisotopic (exact) mass is 284 g/mol. The van der Waals surface area contributed by atoms with Crippen LogP contribution in [0.15, 0.2) is 47.7 Å². The van der Waals surface area contributed by atoms with Gasteiger partial charge in [0.15, 0.2) is 0 Å². The second-order valence-corrected chi connectivity index (χ2v) is 4.92. The number of nitrogens with one attached hydrogen (secondary N) is 2. The van der Waals surface area contributed by atoms with Gasteiger partial charge in [-0.1, -0.05) is 6.07 Å². The lowest BCUT2D eigenvalue weighted by molar-refractivity contribution is 0.629. The van der Waals surface area contributed by atoms with Gasteiger partial charge in [-0.3, -0.25) is 9.98 Å². The van der Waals surface area contributed by atoms with E-state index in [1.54, 1.807) is 18.5 Å². The van der Waals surface area contributed by atoms with Crippen molar-refractivity contribution in [1.29, 1.82) is 0 Å². The summed E-state index contributed by atoms with van der Waals surface area (Å²) in [5, 5.41) is 6.28. The van der Waals surface area contributed by atoms with Crippen LogP contribution >= 0.6 is 0 Å². The summed E-state index contributed by atoms with van der Waals surface area (Å²) in [7, 11) is 0. The Morgan fingerprint density at radius 1 is 1.29 bits per heavy atom. The van der Waals surface area contributed by atoms with Gasteiger partial charge >= 0.3 is 0 Å². The van der Waals surface area contributed by atoms with Crippen LogP contribution in [-0.2, 0) is 6.54 Å². The first kappa shape index (κ1) is 13.5. The molecule has 0 saturated heterocycles. The third-order valence-corrected chi connectivity index (χ3v) is 3.35. The van der Waals surface area contributed by atoms with Crippen LogP contribution in [0.1, 0.15) is 17.5 Å². The van der Waals surface area contributed by atoms with E-state index in [1.165, 1.54) is 6.07 Å². The minimum Gasteiger partial charge on any atom is -0.379 e. The first-order chi connectivity index (χ1) is 10.3. The molecule has 2 aromatic rings. The largest absolute Gasteiger partial charge is 0.379 e. The Balaban J connectivity index is 1.71. The van der Waals surface area contributed by atoms with E-state index in [1.807, 2.05) is 18.2 Å². The van der Waals surface area contributed by atoms with Gasteiger partial charge in [-0.25, -0.2) is 4.39 Å². The minimum atomic E-state index is -0.272. The van der Waals surface area contributed by atoms with Crippen molar-refractivity contribution in [3.63, 3.8) is 0 Å². The van der Waals surface area contributed by atoms with Crippen LogP contribution in [0.3, 0.4) is 0 Å². The van der Waals surface area contributed by atoms with Gasteiger partial charge in [0.25, 0.3) is 0 Å². The van der Waals surface area contributed by atoms with E-state index in [-0.39, 0.29) is 5.82 Å². The van der Waals surface area contributed by atoms with Gasteiger partial charge in [0, 0.05) is 37.6 Å². The molecule has 4 nitrogen and oxygen atoms in total. The van der Waals surface area contributed by atoms with E-state index in [4.69, 9.17) is 0 Å². The molecule has 21 heavy (non-hydrogen) atoms. The molecule has 0 radical (unpaired) electrons. The first-order valence-electron chi connectivity index (χ1n) is 7.04. The van der Waals surface area contributed by atoms with E-state index < -0.39 is 0 Å². The van der Waals surface area contributed by atoms with Crippen molar-refractivity contribution in [3.05, 3.63) is 59.7 Å². The number of aromatic nitrogens is 1. The zero-order chi connectivity index (χ0) is 14.5. The lowest BCUT2D eigenvalue weighted by Gasteiger charge is -2.15. The average Bonchev–Trinajstić information content (AvgIpc) is 2.55. The van der Waals surface area contributed by atoms with Crippen molar-refractivity contribution < 1.29 is 4.39 Å². The summed E-state index contributed by atoms with van der Waals surface area (Å²) >= 11 is 0. The maximum atomic E-state index is 14.1. The lowest BCUT2D eigenvalue weighted by atomic mass is 10.1. The zero-order valence-corrected chi connectivity index (χ0v) is 11.6. The molecule has 2 heterocycles. The number of hydrogen-bond donors (Lipinski definition) is 2. The number of benzene rings is 1. The van der Waals surface area contributed by atoms with Crippen molar-refractivity contribution in [3.8, 4) is 0 Å². The van der Waals surface area contributed by atoms with Crippen LogP contribution in [0.4, 0.5) is 10.1 Å². The highest BCUT2D eigenvalue weighted by molar-refractivity contribution is 5.99. The number of rotatable bonds is 4. The van der Waals surface area contributed by atoms with Crippen molar-refractivity contribution in [1.82, 2.24) is 10.3 Å². The summed E-state index contributed by atoms with van der Waals surface area (Å²) in [6, 6.07) is 8.96. The highest BCUT2D eigenvalue weighted by atomic mass is 19.1. The molecule has 1 aromatic carbocycles. The summed E-state index contributed by atoms with van der Waals surface area (Å²) in [6.45, 7) is 2.23. The molecule has 0 spiro atoms. The quantitative estimate of drug-likeness (QED) is 0.907. The third-order valence-electron chi connectivity index (χ3n) is 3.35. The molecule has 3 rings (SSSR count). The van der Waals surface area contributed by atoms with Crippen LogP contribution in [0.25, 0.3) is 0 Å². The number of hydrogen-bond acceptors (Lipinski definition) is 4. The summed E-state index contributed by atoms with van der Waals surface area (Å²) < 4.78 is 14.1. The predicted molar refractivity (Wildman–Crippen MR) is 82.0 cm³/mol. The molecular formula is C16H17FN4. The van der Waals surface area contributed by atoms with Crippen LogP contribution in [0, 0.1) is 5.82 Å². The van der Waals surface area contributed by atoms with Crippen LogP contribution in [0.5, 0.6) is 0 Å². The second kappa shape index (κ2) is 6.35. The Morgan fingerprint density at radius 2 is 2.24 bits per heavy atom. The molecule has 2 N–H and O–H groups in total. The van der Waals surface area contributed by atoms with E-state index in [9.17, 15) is 4.39 Å². The Labute approximate surface area is 123 Å². The predicted octanol–water partition coefficient (Wildman–Crippen LogP) is 2.57. The molecule has 0 aliphatic carbocycles. The fourth-order valence-electron chi connectivity index (χ4n) is 2.23. The summed E-state index contributed by atoms with van der Waals surface area (Å²) in [5.41, 5.74) is 2.29. The molecular weight excluding hydrogens is 267 g/mol. The number of aliphatic imine (C=N–C) groups is 1. The normalized spacial score (nSPS) is 14.2. The Kier molecular flexibility index (Phi) is 4.09. The zero-order valence-electron chi connectivity index (χ0n) is 11.6. The van der Waals surface area contributed by atoms with Gasteiger partial charge in [-0.15, -0.1) is 0 Å². The van der Waals surface area contributed by atoms with Crippen LogP contribution < -0.4 is 10.6 Å². The molecule has 0 fully saturated rings. The number of pyridine rings is 1. The second-order valence-electron chi connectivity index (χ2n) is 4.92. The molecule has 0 unspecified atom stereocenters. The van der Waals surface area contributed by atoms with Gasteiger partial charge in [0.2, 0.25) is 0 Å². The number of halogens is 1. The molecule has 0 amide bonds. The molecule has 108 valence electrons. The SMILES string of the molecule is Fc1cc(C2=NCCCN2)ccc1NCc1cccnc1. The molecule has 1 aliphatic rings. The van der Waals surface area contributed by atoms with E-state index in [0.717, 1.165) is 36.5 Å². The average molecular weight is 284 g/mol. The number of amidine groups is 1. The molecule has 5 heteroatoms. The molecule has 0 bridgehead atoms. The topological polar surface area (TPSA) is 49.3 Å². The Hall–Kier alpha value is -2.43. The van der Waals surface area contributed by atoms with Gasteiger partial charge in [0.1, 0.15) is 11.7 Å². The fraction of sp³-hybridized carbons (Fsp3) is 0.250. The minimum absolute atomic E-state index is 0.272. The van der Waals surface area contributed by atoms with Crippen molar-refractivity contribution in [2.75, 3.05) is 18.4 Å². The van der Waals surface area contributed by atoms with Gasteiger partial charge in [-0.2, -0.15) is 0 Å². The van der Waals surface area contributed by atoms with E-state index >= 15 is 0 Å². The Morgan fingerprint density at radius 3 is 2.95 bits per heavy atom. The molecule has 0 atom stereocenters. The van der Waals surface area contributed by atoms with Crippen molar-refractivity contribution >= 4 is 11.5 Å². The summed E-state index contributed by atoms with van der Waals surface area (Å²) in [6.07, 6.45) is 4.51. The van der Waals surface area contributed by atoms with E-state index in [0.29, 0.717) is 12.2 Å². The van der Waals surface area contributed by atoms with E-state index in [2.05, 4.69) is 20.6 Å². The maximum Gasteiger partial charge on any atom is 0.147 e. The van der Waals surface area contributed by atoms with Gasteiger partial charge in [0.05, 0.1) is 5.69 Å². The highest BCUT2D eigenvalue weighted by Gasteiger charge is 2.10.